The normalized spacial score (nSPS) is 27.8. The molecule has 36 heavy (non-hydrogen) atoms. The van der Waals surface area contributed by atoms with E-state index >= 15 is 8.78 Å². The van der Waals surface area contributed by atoms with Gasteiger partial charge in [0.1, 0.15) is 12.1 Å². The van der Waals surface area contributed by atoms with Crippen LogP contribution in [0.25, 0.3) is 0 Å². The first-order chi connectivity index (χ1) is 16.8. The lowest BCUT2D eigenvalue weighted by Crippen LogP contribution is -2.70. The number of nitrogens with zero attached hydrogens (tertiary/aromatic N) is 2. The van der Waals surface area contributed by atoms with Crippen LogP contribution in [0.1, 0.15) is 37.7 Å². The molecule has 3 amide bonds. The molecule has 2 N–H and O–H groups in total. The fraction of sp³-hybridized carbons (Fsp3) is 0.565. The molecule has 0 spiro atoms. The minimum absolute atomic E-state index is 0.0199. The van der Waals surface area contributed by atoms with E-state index < -0.39 is 65.6 Å². The van der Waals surface area contributed by atoms with E-state index in [1.54, 1.807) is 0 Å². The summed E-state index contributed by atoms with van der Waals surface area (Å²) >= 11 is 11.6. The topological polar surface area (TPSA) is 102 Å². The maximum Gasteiger partial charge on any atom is 0.350 e. The molecule has 0 unspecified atom stereocenters. The Hall–Kier alpha value is -2.58. The minimum Gasteiger partial charge on any atom is -0.356 e. The highest BCUT2D eigenvalue weighted by Gasteiger charge is 2.63. The van der Waals surface area contributed by atoms with Crippen LogP contribution in [-0.2, 0) is 20.3 Å². The molecule has 1 aromatic rings. The number of nitrogens with one attached hydrogen (secondary N) is 2. The zero-order valence-electron chi connectivity index (χ0n) is 18.7. The first kappa shape index (κ1) is 26.5. The smallest absolute Gasteiger partial charge is 0.350 e. The SMILES string of the molecule is N#C[C@H](C[C@@H]1CCNC1=O)NC(=O)[C@H]1[C@H]2CC[C@H](CC2(F)F)N1C(=O)C(F)(F)c1cc(Cl)cc(Cl)c1. The molecular formula is C23H22Cl2F4N4O3. The van der Waals surface area contributed by atoms with Crippen LogP contribution in [0.15, 0.2) is 18.2 Å². The van der Waals surface area contributed by atoms with Gasteiger partial charge < -0.3 is 15.5 Å². The Balaban J connectivity index is 1.63. The van der Waals surface area contributed by atoms with Crippen LogP contribution in [0.3, 0.4) is 0 Å². The number of rotatable bonds is 6. The van der Waals surface area contributed by atoms with Crippen LogP contribution < -0.4 is 10.6 Å². The van der Waals surface area contributed by atoms with Crippen molar-refractivity contribution in [3.63, 3.8) is 0 Å². The largest absolute Gasteiger partial charge is 0.356 e. The number of carbonyl (C=O) groups is 3. The summed E-state index contributed by atoms with van der Waals surface area (Å²) in [5.74, 6) is -13.1. The fourth-order valence-electron chi connectivity index (χ4n) is 5.38. The van der Waals surface area contributed by atoms with Crippen LogP contribution in [0.4, 0.5) is 17.6 Å². The molecule has 2 bridgehead atoms. The third kappa shape index (κ3) is 4.85. The maximum absolute atomic E-state index is 15.4. The van der Waals surface area contributed by atoms with E-state index in [0.717, 1.165) is 12.1 Å². The average molecular weight is 549 g/mol. The minimum atomic E-state index is -4.21. The Morgan fingerprint density at radius 3 is 2.44 bits per heavy atom. The second-order valence-electron chi connectivity index (χ2n) is 9.40. The number of alkyl halides is 4. The number of hydrogen-bond acceptors (Lipinski definition) is 4. The van der Waals surface area contributed by atoms with Crippen molar-refractivity contribution in [3.8, 4) is 6.07 Å². The number of amides is 3. The quantitative estimate of drug-likeness (QED) is 0.530. The van der Waals surface area contributed by atoms with Crippen LogP contribution in [0.2, 0.25) is 10.0 Å². The molecule has 5 atom stereocenters. The first-order valence-electron chi connectivity index (χ1n) is 11.4. The number of hydrogen-bond donors (Lipinski definition) is 2. The van der Waals surface area contributed by atoms with Crippen LogP contribution in [-0.4, -0.2) is 53.2 Å². The van der Waals surface area contributed by atoms with Crippen molar-refractivity contribution in [1.29, 1.82) is 5.26 Å². The third-order valence-electron chi connectivity index (χ3n) is 7.09. The van der Waals surface area contributed by atoms with Crippen molar-refractivity contribution in [1.82, 2.24) is 15.5 Å². The maximum atomic E-state index is 15.4. The monoisotopic (exact) mass is 548 g/mol. The van der Waals surface area contributed by atoms with Crippen LogP contribution in [0.5, 0.6) is 0 Å². The lowest BCUT2D eigenvalue weighted by Gasteiger charge is -2.54. The molecule has 0 aromatic heterocycles. The van der Waals surface area contributed by atoms with Crippen molar-refractivity contribution in [3.05, 3.63) is 33.8 Å². The Bertz CT molecular complexity index is 1110. The van der Waals surface area contributed by atoms with Crippen molar-refractivity contribution in [2.24, 2.45) is 11.8 Å². The Morgan fingerprint density at radius 1 is 1.22 bits per heavy atom. The van der Waals surface area contributed by atoms with Gasteiger partial charge in [-0.05, 0) is 43.9 Å². The van der Waals surface area contributed by atoms with Crippen molar-refractivity contribution in [2.45, 2.75) is 62.1 Å². The van der Waals surface area contributed by atoms with Gasteiger partial charge in [0.05, 0.1) is 12.0 Å². The molecule has 194 valence electrons. The lowest BCUT2D eigenvalue weighted by atomic mass is 9.71. The molecule has 7 nitrogen and oxygen atoms in total. The molecule has 1 aromatic carbocycles. The number of benzene rings is 1. The zero-order valence-corrected chi connectivity index (χ0v) is 20.3. The van der Waals surface area contributed by atoms with E-state index in [1.807, 2.05) is 6.07 Å². The van der Waals surface area contributed by atoms with E-state index in [0.29, 0.717) is 17.9 Å². The molecular weight excluding hydrogens is 527 g/mol. The van der Waals surface area contributed by atoms with E-state index in [-0.39, 0.29) is 35.2 Å². The van der Waals surface area contributed by atoms with E-state index in [9.17, 15) is 28.4 Å². The zero-order chi connectivity index (χ0) is 26.4. The predicted molar refractivity (Wildman–Crippen MR) is 120 cm³/mol. The second kappa shape index (κ2) is 9.71. The molecule has 3 heterocycles. The summed E-state index contributed by atoms with van der Waals surface area (Å²) in [4.78, 5) is 38.8. The number of halogens is 6. The Labute approximate surface area is 214 Å². The highest BCUT2D eigenvalue weighted by molar-refractivity contribution is 6.34. The van der Waals surface area contributed by atoms with Crippen LogP contribution in [0, 0.1) is 23.2 Å². The molecule has 1 aliphatic carbocycles. The second-order valence-corrected chi connectivity index (χ2v) is 10.3. The molecule has 0 radical (unpaired) electrons. The number of nitriles is 1. The summed E-state index contributed by atoms with van der Waals surface area (Å²) in [5, 5.41) is 14.1. The fourth-order valence-corrected chi connectivity index (χ4v) is 5.90. The highest BCUT2D eigenvalue weighted by Crippen LogP contribution is 2.50. The van der Waals surface area contributed by atoms with Gasteiger partial charge in [-0.25, -0.2) is 8.78 Å². The number of carbonyl (C=O) groups excluding carboxylic acids is 3. The third-order valence-corrected chi connectivity index (χ3v) is 7.52. The van der Waals surface area contributed by atoms with E-state index in [4.69, 9.17) is 23.2 Å². The first-order valence-corrected chi connectivity index (χ1v) is 12.1. The van der Waals surface area contributed by atoms with Crippen molar-refractivity contribution in [2.75, 3.05) is 6.54 Å². The van der Waals surface area contributed by atoms with Crippen LogP contribution >= 0.6 is 23.2 Å². The van der Waals surface area contributed by atoms with Crippen molar-refractivity contribution >= 4 is 40.9 Å². The molecule has 4 aliphatic rings. The van der Waals surface area contributed by atoms with Gasteiger partial charge in [-0.1, -0.05) is 23.2 Å². The average Bonchev–Trinajstić information content (AvgIpc) is 3.20. The summed E-state index contributed by atoms with van der Waals surface area (Å²) in [7, 11) is 0. The molecule has 3 aliphatic heterocycles. The summed E-state index contributed by atoms with van der Waals surface area (Å²) in [6.07, 6.45) is -0.638. The Kier molecular flexibility index (Phi) is 7.14. The van der Waals surface area contributed by atoms with Gasteiger partial charge in [0.2, 0.25) is 11.8 Å². The van der Waals surface area contributed by atoms with E-state index in [2.05, 4.69) is 10.6 Å². The molecule has 13 heteroatoms. The van der Waals surface area contributed by atoms with E-state index in [1.165, 1.54) is 6.07 Å². The lowest BCUT2D eigenvalue weighted by molar-refractivity contribution is -0.207. The van der Waals surface area contributed by atoms with Gasteiger partial charge in [-0.15, -0.1) is 0 Å². The molecule has 1 saturated carbocycles. The van der Waals surface area contributed by atoms with Gasteiger partial charge in [-0.3, -0.25) is 14.4 Å². The Morgan fingerprint density at radius 2 is 1.89 bits per heavy atom. The predicted octanol–water partition coefficient (Wildman–Crippen LogP) is 3.63. The van der Waals surface area contributed by atoms with Gasteiger partial charge >= 0.3 is 5.92 Å². The summed E-state index contributed by atoms with van der Waals surface area (Å²) in [5.41, 5.74) is -0.834. The summed E-state index contributed by atoms with van der Waals surface area (Å²) in [6.45, 7) is 0.402. The molecule has 4 fully saturated rings. The number of piperidine rings is 2. The molecule has 5 rings (SSSR count). The van der Waals surface area contributed by atoms with Crippen molar-refractivity contribution < 1.29 is 31.9 Å². The molecule has 3 saturated heterocycles. The summed E-state index contributed by atoms with van der Waals surface area (Å²) in [6, 6.07) is 0.232. The standard InChI is InChI=1S/C23H22Cl2F4N4O3/c24-13-6-12(7-14(25)8-13)23(28,29)21(36)33-16-1-2-17(22(26,27)9-16)18(33)20(35)32-15(10-30)5-11-3-4-31-19(11)34/h6-8,11,15-18H,1-5,9H2,(H,31,34)(H,32,35)/t11-,15-,16+,17+,18+/m0/s1. The van der Waals surface area contributed by atoms with Gasteiger partial charge in [0, 0.05) is 40.5 Å². The van der Waals surface area contributed by atoms with Gasteiger partial charge in [-0.2, -0.15) is 14.0 Å². The number of fused-ring (bicyclic) bond motifs is 3. The highest BCUT2D eigenvalue weighted by atomic mass is 35.5. The summed E-state index contributed by atoms with van der Waals surface area (Å²) < 4.78 is 60.4. The van der Waals surface area contributed by atoms with Gasteiger partial charge in [0.25, 0.3) is 11.8 Å². The van der Waals surface area contributed by atoms with Gasteiger partial charge in [0.15, 0.2) is 0 Å².